The van der Waals surface area contributed by atoms with E-state index in [0.29, 0.717) is 15.9 Å². The molecule has 1 amide bonds. The van der Waals surface area contributed by atoms with Crippen molar-refractivity contribution in [1.82, 2.24) is 4.98 Å². The highest BCUT2D eigenvalue weighted by Crippen LogP contribution is 2.31. The van der Waals surface area contributed by atoms with Gasteiger partial charge in [-0.05, 0) is 49.4 Å². The molecule has 0 aliphatic carbocycles. The highest BCUT2D eigenvalue weighted by molar-refractivity contribution is 6.04. The lowest BCUT2D eigenvalue weighted by Crippen LogP contribution is -2.42. The minimum atomic E-state index is -0.826. The standard InChI is InChI=1S/C29H28F2N6O5/c1-16(14-38)35-28(33)25-24(11-12-34-27(25)32)42-23-10-8-20(13-21(23)31)36-29(39)22-9-5-18(15-41-2)26(37(22)40)17-3-6-19(30)7-4-17/h3-13,16,38H,14-15H2,1-2H3,(H5-,32,33,34,35,36,39,40)/p+1/t16-/m1/s1. The van der Waals surface area contributed by atoms with Gasteiger partial charge in [-0.2, -0.15) is 0 Å². The van der Waals surface area contributed by atoms with E-state index >= 15 is 4.39 Å². The molecule has 0 spiro atoms. The molecule has 0 saturated carbocycles. The molecule has 42 heavy (non-hydrogen) atoms. The Bertz CT molecular complexity index is 1630. The lowest BCUT2D eigenvalue weighted by molar-refractivity contribution is -0.897. The average molecular weight is 580 g/mol. The third kappa shape index (κ3) is 6.59. The van der Waals surface area contributed by atoms with E-state index in [-0.39, 0.29) is 59.0 Å². The summed E-state index contributed by atoms with van der Waals surface area (Å²) in [5.41, 5.74) is 13.3. The summed E-state index contributed by atoms with van der Waals surface area (Å²) in [6, 6.07) is 13.0. The fourth-order valence-corrected chi connectivity index (χ4v) is 4.06. The number of pyridine rings is 2. The number of methoxy groups -OCH3 is 1. The molecule has 7 N–H and O–H groups in total. The molecule has 0 unspecified atom stereocenters. The van der Waals surface area contributed by atoms with Gasteiger partial charge in [0.05, 0.1) is 30.4 Å². The molecule has 13 heteroatoms. The number of rotatable bonds is 10. The lowest BCUT2D eigenvalue weighted by Gasteiger charge is -2.14. The van der Waals surface area contributed by atoms with Crippen molar-refractivity contribution >= 4 is 23.2 Å². The van der Waals surface area contributed by atoms with E-state index in [0.717, 1.165) is 6.07 Å². The second kappa shape index (κ2) is 13.0. The van der Waals surface area contributed by atoms with E-state index in [4.69, 9.17) is 20.9 Å². The normalized spacial score (nSPS) is 12.2. The molecule has 0 bridgehead atoms. The van der Waals surface area contributed by atoms with Crippen molar-refractivity contribution in [3.8, 4) is 22.8 Å². The Morgan fingerprint density at radius 3 is 2.52 bits per heavy atom. The van der Waals surface area contributed by atoms with Crippen LogP contribution in [0.5, 0.6) is 11.5 Å². The molecule has 4 rings (SSSR count). The number of anilines is 2. The van der Waals surface area contributed by atoms with Gasteiger partial charge >= 0.3 is 11.6 Å². The summed E-state index contributed by atoms with van der Waals surface area (Å²) in [6.07, 6.45) is 1.35. The van der Waals surface area contributed by atoms with Crippen LogP contribution in [0.25, 0.3) is 11.3 Å². The van der Waals surface area contributed by atoms with Crippen molar-refractivity contribution in [1.29, 1.82) is 0 Å². The number of aliphatic hydroxyl groups excluding tert-OH is 1. The highest BCUT2D eigenvalue weighted by Gasteiger charge is 2.28. The number of nitrogens with zero attached hydrogens (tertiary/aromatic N) is 3. The molecule has 4 aromatic rings. The van der Waals surface area contributed by atoms with Gasteiger partial charge in [-0.25, -0.2) is 13.8 Å². The van der Waals surface area contributed by atoms with Crippen molar-refractivity contribution in [2.24, 2.45) is 10.7 Å². The van der Waals surface area contributed by atoms with Crippen LogP contribution < -0.4 is 26.3 Å². The maximum absolute atomic E-state index is 15.1. The molecule has 0 radical (unpaired) electrons. The van der Waals surface area contributed by atoms with E-state index in [2.05, 4.69) is 15.3 Å². The monoisotopic (exact) mass is 579 g/mol. The van der Waals surface area contributed by atoms with E-state index in [1.54, 1.807) is 13.0 Å². The molecule has 1 atom stereocenters. The fraction of sp³-hybridized carbons (Fsp3) is 0.172. The molecule has 0 aliphatic heterocycles. The van der Waals surface area contributed by atoms with Crippen molar-refractivity contribution in [3.63, 3.8) is 0 Å². The second-order valence-electron chi connectivity index (χ2n) is 9.16. The molecule has 0 fully saturated rings. The first kappa shape index (κ1) is 29.8. The molecule has 0 aliphatic rings. The van der Waals surface area contributed by atoms with E-state index in [1.807, 2.05) is 0 Å². The molecule has 218 valence electrons. The number of hydrogen-bond donors (Lipinski definition) is 5. The van der Waals surface area contributed by atoms with Crippen molar-refractivity contribution in [2.45, 2.75) is 19.6 Å². The van der Waals surface area contributed by atoms with E-state index in [9.17, 15) is 19.5 Å². The summed E-state index contributed by atoms with van der Waals surface area (Å²) in [7, 11) is 1.48. The van der Waals surface area contributed by atoms with Crippen LogP contribution in [-0.4, -0.2) is 46.8 Å². The molecular weight excluding hydrogens is 550 g/mol. The van der Waals surface area contributed by atoms with E-state index < -0.39 is 23.6 Å². The Balaban J connectivity index is 1.60. The van der Waals surface area contributed by atoms with Gasteiger partial charge in [0.2, 0.25) is 0 Å². The zero-order valence-electron chi connectivity index (χ0n) is 22.7. The smallest absolute Gasteiger partial charge is 0.325 e. The van der Waals surface area contributed by atoms with Gasteiger partial charge in [0.15, 0.2) is 11.6 Å². The topological polar surface area (TPSA) is 169 Å². The third-order valence-corrected chi connectivity index (χ3v) is 6.07. The van der Waals surface area contributed by atoms with Crippen LogP contribution in [0.4, 0.5) is 20.3 Å². The largest absolute Gasteiger partial charge is 0.453 e. The van der Waals surface area contributed by atoms with Crippen LogP contribution in [0.1, 0.15) is 28.5 Å². The number of benzene rings is 2. The Morgan fingerprint density at radius 2 is 1.86 bits per heavy atom. The number of aliphatic imine (C=N–C) groups is 1. The van der Waals surface area contributed by atoms with Gasteiger partial charge in [-0.15, -0.1) is 0 Å². The Kier molecular flexibility index (Phi) is 9.25. The number of amidine groups is 1. The van der Waals surface area contributed by atoms with Crippen molar-refractivity contribution < 1.29 is 38.1 Å². The number of carbonyl (C=O) groups excluding carboxylic acids is 1. The minimum Gasteiger partial charge on any atom is -0.453 e. The molecule has 11 nitrogen and oxygen atoms in total. The summed E-state index contributed by atoms with van der Waals surface area (Å²) in [5, 5.41) is 22.8. The Hall–Kier alpha value is -5.14. The van der Waals surface area contributed by atoms with Gasteiger partial charge in [0.1, 0.15) is 28.8 Å². The first-order valence-corrected chi connectivity index (χ1v) is 12.6. The molecule has 2 heterocycles. The van der Waals surface area contributed by atoms with Gasteiger partial charge in [-0.1, -0.05) is 0 Å². The highest BCUT2D eigenvalue weighted by atomic mass is 19.1. The van der Waals surface area contributed by atoms with Crippen LogP contribution in [-0.2, 0) is 11.3 Å². The van der Waals surface area contributed by atoms with Gasteiger partial charge in [-0.3, -0.25) is 15.0 Å². The lowest BCUT2D eigenvalue weighted by atomic mass is 10.0. The molecule has 2 aromatic heterocycles. The number of halogens is 2. The summed E-state index contributed by atoms with van der Waals surface area (Å²) in [6.45, 7) is 1.51. The maximum atomic E-state index is 15.1. The first-order chi connectivity index (χ1) is 20.1. The quantitative estimate of drug-likeness (QED) is 0.0824. The van der Waals surface area contributed by atoms with Crippen LogP contribution in [0.15, 0.2) is 71.9 Å². The number of aliphatic hydroxyl groups is 1. The number of amides is 1. The number of hydrogen-bond acceptors (Lipinski definition) is 8. The van der Waals surface area contributed by atoms with E-state index in [1.165, 1.54) is 61.8 Å². The first-order valence-electron chi connectivity index (χ1n) is 12.6. The van der Waals surface area contributed by atoms with Gasteiger partial charge in [0.25, 0.3) is 5.69 Å². The summed E-state index contributed by atoms with van der Waals surface area (Å²) in [5.74, 6) is -2.21. The molecular formula is C29H29F2N6O5+. The number of ether oxygens (including phenoxy) is 2. The van der Waals surface area contributed by atoms with Gasteiger partial charge in [0, 0.05) is 41.9 Å². The predicted octanol–water partition coefficient (Wildman–Crippen LogP) is 3.41. The molecule has 2 aromatic carbocycles. The Labute approximate surface area is 239 Å². The number of nitrogens with two attached hydrogens (primary N) is 2. The van der Waals surface area contributed by atoms with Crippen LogP contribution in [0, 0.1) is 11.6 Å². The average Bonchev–Trinajstić information content (AvgIpc) is 2.95. The fourth-order valence-electron chi connectivity index (χ4n) is 4.06. The minimum absolute atomic E-state index is 0.00277. The van der Waals surface area contributed by atoms with Crippen LogP contribution >= 0.6 is 0 Å². The number of nitrogens with one attached hydrogen (secondary N) is 1. The zero-order valence-corrected chi connectivity index (χ0v) is 22.7. The Morgan fingerprint density at radius 1 is 1.12 bits per heavy atom. The third-order valence-electron chi connectivity index (χ3n) is 6.07. The second-order valence-corrected chi connectivity index (χ2v) is 9.16. The van der Waals surface area contributed by atoms with Crippen LogP contribution in [0.2, 0.25) is 0 Å². The molecule has 0 saturated heterocycles. The number of aromatic nitrogens is 2. The summed E-state index contributed by atoms with van der Waals surface area (Å²) >= 11 is 0. The number of carbonyl (C=O) groups is 1. The zero-order chi connectivity index (χ0) is 30.4. The van der Waals surface area contributed by atoms with Gasteiger partial charge < -0.3 is 31.4 Å². The van der Waals surface area contributed by atoms with Crippen molar-refractivity contribution in [2.75, 3.05) is 24.8 Å². The van der Waals surface area contributed by atoms with Crippen molar-refractivity contribution in [3.05, 3.63) is 95.3 Å². The summed E-state index contributed by atoms with van der Waals surface area (Å²) in [4.78, 5) is 21.2. The predicted molar refractivity (Wildman–Crippen MR) is 150 cm³/mol. The summed E-state index contributed by atoms with van der Waals surface area (Å²) < 4.78 is 40.2. The van der Waals surface area contributed by atoms with Crippen LogP contribution in [0.3, 0.4) is 0 Å². The SMILES string of the molecule is COCc1ccc(C(=O)Nc2ccc(Oc3ccnc(N)c3C(N)=N[C@H](C)CO)c(F)c2)[n+](O)c1-c1ccc(F)cc1. The number of nitrogen functional groups attached to an aromatic ring is 1. The maximum Gasteiger partial charge on any atom is 0.325 e.